The zero-order chi connectivity index (χ0) is 13.3. The van der Waals surface area contributed by atoms with E-state index in [1.807, 2.05) is 30.9 Å². The van der Waals surface area contributed by atoms with Gasteiger partial charge in [0, 0.05) is 23.7 Å². The molecule has 0 aromatic heterocycles. The van der Waals surface area contributed by atoms with Crippen molar-refractivity contribution in [2.24, 2.45) is 0 Å². The van der Waals surface area contributed by atoms with Crippen molar-refractivity contribution < 1.29 is 9.59 Å². The lowest BCUT2D eigenvalue weighted by Gasteiger charge is -2.22. The quantitative estimate of drug-likeness (QED) is 0.623. The summed E-state index contributed by atoms with van der Waals surface area (Å²) < 4.78 is 0. The monoisotopic (exact) mass is 265 g/mol. The van der Waals surface area contributed by atoms with E-state index >= 15 is 0 Å². The number of rotatable bonds is 3. The molecule has 0 spiro atoms. The van der Waals surface area contributed by atoms with Crippen molar-refractivity contribution in [3.8, 4) is 0 Å². The molecule has 1 atom stereocenters. The number of benzene rings is 1. The Morgan fingerprint density at radius 3 is 2.78 bits per heavy atom. The molecule has 1 amide bonds. The summed E-state index contributed by atoms with van der Waals surface area (Å²) in [4.78, 5) is 25.3. The first kappa shape index (κ1) is 13.1. The van der Waals surface area contributed by atoms with Gasteiger partial charge in [0.05, 0.1) is 5.88 Å². The molecule has 0 saturated carbocycles. The number of amides is 1. The summed E-state index contributed by atoms with van der Waals surface area (Å²) in [6, 6.07) is 5.62. The lowest BCUT2D eigenvalue weighted by Crippen LogP contribution is -2.35. The van der Waals surface area contributed by atoms with Gasteiger partial charge in [-0.1, -0.05) is 6.92 Å². The molecule has 0 saturated heterocycles. The Morgan fingerprint density at radius 2 is 2.17 bits per heavy atom. The molecule has 1 unspecified atom stereocenters. The standard InChI is InChI=1S/C14H16ClNO2/c1-3-14(18)16-9(2)6-11-7-10(13(17)8-15)4-5-12(11)16/h4-5,7,9H,3,6,8H2,1-2H3. The van der Waals surface area contributed by atoms with Crippen LogP contribution in [0.3, 0.4) is 0 Å². The number of hydrogen-bond donors (Lipinski definition) is 0. The van der Waals surface area contributed by atoms with Crippen molar-refractivity contribution in [1.82, 2.24) is 0 Å². The molecule has 96 valence electrons. The molecule has 4 heteroatoms. The summed E-state index contributed by atoms with van der Waals surface area (Å²) in [5, 5.41) is 0. The molecule has 0 aliphatic carbocycles. The number of Topliss-reactive ketones (excluding diaryl/α,β-unsaturated/α-hetero) is 1. The Bertz CT molecular complexity index is 499. The Balaban J connectivity index is 2.38. The highest BCUT2D eigenvalue weighted by molar-refractivity contribution is 6.30. The fourth-order valence-electron chi connectivity index (χ4n) is 2.43. The number of halogens is 1. The average Bonchev–Trinajstić information content (AvgIpc) is 2.71. The van der Waals surface area contributed by atoms with Gasteiger partial charge in [-0.2, -0.15) is 0 Å². The van der Waals surface area contributed by atoms with Crippen molar-refractivity contribution in [3.63, 3.8) is 0 Å². The van der Waals surface area contributed by atoms with Crippen molar-refractivity contribution in [2.75, 3.05) is 10.8 Å². The van der Waals surface area contributed by atoms with Crippen molar-refractivity contribution in [3.05, 3.63) is 29.3 Å². The highest BCUT2D eigenvalue weighted by atomic mass is 35.5. The summed E-state index contributed by atoms with van der Waals surface area (Å²) in [5.74, 6) is 0.0384. The Kier molecular flexibility index (Phi) is 3.71. The summed E-state index contributed by atoms with van der Waals surface area (Å²) in [7, 11) is 0. The number of ketones is 1. The zero-order valence-electron chi connectivity index (χ0n) is 10.6. The Hall–Kier alpha value is -1.35. The van der Waals surface area contributed by atoms with Gasteiger partial charge in [0.2, 0.25) is 5.91 Å². The van der Waals surface area contributed by atoms with Crippen LogP contribution in [0.1, 0.15) is 36.2 Å². The normalized spacial score (nSPS) is 17.7. The molecule has 0 N–H and O–H groups in total. The van der Waals surface area contributed by atoms with E-state index in [0.717, 1.165) is 17.7 Å². The molecule has 2 rings (SSSR count). The second-order valence-electron chi connectivity index (χ2n) is 4.57. The van der Waals surface area contributed by atoms with Crippen LogP contribution in [0.4, 0.5) is 5.69 Å². The van der Waals surface area contributed by atoms with Crippen LogP contribution in [-0.2, 0) is 11.2 Å². The lowest BCUT2D eigenvalue weighted by molar-refractivity contribution is -0.118. The van der Waals surface area contributed by atoms with E-state index in [1.54, 1.807) is 6.07 Å². The minimum atomic E-state index is -0.0765. The number of carbonyl (C=O) groups excluding carboxylic acids is 2. The molecule has 0 bridgehead atoms. The largest absolute Gasteiger partial charge is 0.309 e. The first-order chi connectivity index (χ1) is 8.58. The van der Waals surface area contributed by atoms with Crippen molar-refractivity contribution >= 4 is 29.0 Å². The number of hydrogen-bond acceptors (Lipinski definition) is 2. The van der Waals surface area contributed by atoms with Crippen LogP contribution in [-0.4, -0.2) is 23.6 Å². The van der Waals surface area contributed by atoms with Crippen molar-refractivity contribution in [2.45, 2.75) is 32.7 Å². The van der Waals surface area contributed by atoms with Crippen molar-refractivity contribution in [1.29, 1.82) is 0 Å². The number of nitrogens with zero attached hydrogens (tertiary/aromatic N) is 1. The number of fused-ring (bicyclic) bond motifs is 1. The summed E-state index contributed by atoms with van der Waals surface area (Å²) in [5.41, 5.74) is 2.61. The molecule has 1 heterocycles. The topological polar surface area (TPSA) is 37.4 Å². The molecule has 1 aromatic rings. The third-order valence-electron chi connectivity index (χ3n) is 3.31. The maximum absolute atomic E-state index is 11.9. The molecule has 18 heavy (non-hydrogen) atoms. The SMILES string of the molecule is CCC(=O)N1c2ccc(C(=O)CCl)cc2CC1C. The second kappa shape index (κ2) is 5.11. The van der Waals surface area contributed by atoms with Gasteiger partial charge in [0.15, 0.2) is 5.78 Å². The second-order valence-corrected chi connectivity index (χ2v) is 4.84. The molecule has 3 nitrogen and oxygen atoms in total. The van der Waals surface area contributed by atoms with Gasteiger partial charge >= 0.3 is 0 Å². The maximum atomic E-state index is 11.9. The average molecular weight is 266 g/mol. The minimum Gasteiger partial charge on any atom is -0.309 e. The molecule has 0 radical (unpaired) electrons. The van der Waals surface area contributed by atoms with Crippen LogP contribution in [0, 0.1) is 0 Å². The third kappa shape index (κ3) is 2.15. The van der Waals surface area contributed by atoms with E-state index in [2.05, 4.69) is 0 Å². The van der Waals surface area contributed by atoms with Gasteiger partial charge in [-0.05, 0) is 37.1 Å². The molecule has 0 fully saturated rings. The zero-order valence-corrected chi connectivity index (χ0v) is 11.3. The minimum absolute atomic E-state index is 0.00799. The van der Waals surface area contributed by atoms with Crippen LogP contribution in [0.15, 0.2) is 18.2 Å². The Labute approximate surface area is 112 Å². The van der Waals surface area contributed by atoms with Gasteiger partial charge in [-0.15, -0.1) is 11.6 Å². The van der Waals surface area contributed by atoms with E-state index in [4.69, 9.17) is 11.6 Å². The number of anilines is 1. The van der Waals surface area contributed by atoms with Crippen LogP contribution >= 0.6 is 11.6 Å². The van der Waals surface area contributed by atoms with E-state index in [-0.39, 0.29) is 23.6 Å². The maximum Gasteiger partial charge on any atom is 0.226 e. The third-order valence-corrected chi connectivity index (χ3v) is 3.55. The molecule has 1 aliphatic rings. The van der Waals surface area contributed by atoms with Gasteiger partial charge in [0.1, 0.15) is 0 Å². The van der Waals surface area contributed by atoms with Crippen LogP contribution in [0.5, 0.6) is 0 Å². The first-order valence-corrected chi connectivity index (χ1v) is 6.66. The molecular weight excluding hydrogens is 250 g/mol. The molecule has 1 aliphatic heterocycles. The van der Waals surface area contributed by atoms with Gasteiger partial charge in [-0.25, -0.2) is 0 Å². The van der Waals surface area contributed by atoms with E-state index in [0.29, 0.717) is 12.0 Å². The summed E-state index contributed by atoms with van der Waals surface area (Å²) in [6.07, 6.45) is 1.29. The molecule has 1 aromatic carbocycles. The van der Waals surface area contributed by atoms with Gasteiger partial charge < -0.3 is 4.90 Å². The fraction of sp³-hybridized carbons (Fsp3) is 0.429. The van der Waals surface area contributed by atoms with E-state index in [1.165, 1.54) is 0 Å². The van der Waals surface area contributed by atoms with Gasteiger partial charge in [0.25, 0.3) is 0 Å². The highest BCUT2D eigenvalue weighted by Gasteiger charge is 2.30. The van der Waals surface area contributed by atoms with Crippen LogP contribution in [0.2, 0.25) is 0 Å². The predicted molar refractivity (Wildman–Crippen MR) is 72.4 cm³/mol. The van der Waals surface area contributed by atoms with Gasteiger partial charge in [-0.3, -0.25) is 9.59 Å². The smallest absolute Gasteiger partial charge is 0.226 e. The first-order valence-electron chi connectivity index (χ1n) is 6.12. The lowest BCUT2D eigenvalue weighted by atomic mass is 10.0. The van der Waals surface area contributed by atoms with Crippen LogP contribution < -0.4 is 4.90 Å². The van der Waals surface area contributed by atoms with E-state index in [9.17, 15) is 9.59 Å². The fourth-order valence-corrected chi connectivity index (χ4v) is 2.59. The number of alkyl halides is 1. The summed E-state index contributed by atoms with van der Waals surface area (Å²) in [6.45, 7) is 3.88. The number of carbonyl (C=O) groups is 2. The predicted octanol–water partition coefficient (Wildman–Crippen LogP) is 2.80. The molecular formula is C14H16ClNO2. The van der Waals surface area contributed by atoms with Crippen LogP contribution in [0.25, 0.3) is 0 Å². The Morgan fingerprint density at radius 1 is 1.44 bits per heavy atom. The highest BCUT2D eigenvalue weighted by Crippen LogP contribution is 2.33. The summed E-state index contributed by atoms with van der Waals surface area (Å²) >= 11 is 5.55. The van der Waals surface area contributed by atoms with E-state index < -0.39 is 0 Å².